The van der Waals surface area contributed by atoms with Crippen molar-refractivity contribution >= 4 is 11.8 Å². The van der Waals surface area contributed by atoms with Gasteiger partial charge < -0.3 is 10.2 Å². The van der Waals surface area contributed by atoms with Crippen molar-refractivity contribution in [2.24, 2.45) is 5.92 Å². The summed E-state index contributed by atoms with van der Waals surface area (Å²) in [6, 6.07) is 0.280. The fraction of sp³-hybridized carbons (Fsp3) is 0.684. The zero-order valence-corrected chi connectivity index (χ0v) is 15.0. The average molecular weight is 344 g/mol. The van der Waals surface area contributed by atoms with E-state index in [9.17, 15) is 9.59 Å². The number of aromatic nitrogens is 2. The van der Waals surface area contributed by atoms with Crippen molar-refractivity contribution < 1.29 is 9.59 Å². The molecule has 6 heteroatoms. The molecule has 0 aromatic carbocycles. The van der Waals surface area contributed by atoms with Crippen LogP contribution < -0.4 is 5.32 Å². The monoisotopic (exact) mass is 344 g/mol. The van der Waals surface area contributed by atoms with Crippen LogP contribution >= 0.6 is 0 Å². The first-order valence-corrected chi connectivity index (χ1v) is 9.49. The number of likely N-dealkylation sites (tertiary alicyclic amines) is 1. The maximum Gasteiger partial charge on any atom is 0.271 e. The third-order valence-electron chi connectivity index (χ3n) is 5.34. The molecular formula is C19H28N4O2. The molecule has 1 atom stereocenters. The molecule has 2 fully saturated rings. The highest BCUT2D eigenvalue weighted by Gasteiger charge is 2.22. The molecule has 0 radical (unpaired) electrons. The summed E-state index contributed by atoms with van der Waals surface area (Å²) in [5.41, 5.74) is 1.29. The zero-order chi connectivity index (χ0) is 17.6. The van der Waals surface area contributed by atoms with Crippen molar-refractivity contribution in [3.8, 4) is 0 Å². The molecule has 1 aliphatic heterocycles. The molecule has 1 aromatic heterocycles. The van der Waals surface area contributed by atoms with Gasteiger partial charge >= 0.3 is 0 Å². The van der Waals surface area contributed by atoms with Gasteiger partial charge in [-0.1, -0.05) is 19.3 Å². The smallest absolute Gasteiger partial charge is 0.271 e. The largest absolute Gasteiger partial charge is 0.348 e. The van der Waals surface area contributed by atoms with E-state index < -0.39 is 0 Å². The summed E-state index contributed by atoms with van der Waals surface area (Å²) in [5, 5.41) is 3.07. The second kappa shape index (κ2) is 8.41. The molecule has 3 rings (SSSR count). The van der Waals surface area contributed by atoms with Gasteiger partial charge in [-0.25, -0.2) is 4.98 Å². The number of carbonyl (C=O) groups excluding carboxylic acids is 2. The number of nitrogens with zero attached hydrogens (tertiary/aromatic N) is 3. The summed E-state index contributed by atoms with van der Waals surface area (Å²) in [6.07, 6.45) is 12.0. The molecular weight excluding hydrogens is 316 g/mol. The summed E-state index contributed by atoms with van der Waals surface area (Å²) >= 11 is 0. The highest BCUT2D eigenvalue weighted by Crippen LogP contribution is 2.20. The number of piperidine rings is 1. The third-order valence-corrected chi connectivity index (χ3v) is 5.34. The van der Waals surface area contributed by atoms with Crippen LogP contribution in [-0.4, -0.2) is 45.8 Å². The van der Waals surface area contributed by atoms with Crippen molar-refractivity contribution in [3.05, 3.63) is 23.8 Å². The van der Waals surface area contributed by atoms with Crippen LogP contribution in [-0.2, 0) is 11.2 Å². The molecule has 2 amide bonds. The van der Waals surface area contributed by atoms with Gasteiger partial charge in [0, 0.05) is 32.3 Å². The van der Waals surface area contributed by atoms with Gasteiger partial charge in [0.05, 0.1) is 11.9 Å². The number of nitrogens with one attached hydrogen (secondary N) is 1. The predicted molar refractivity (Wildman–Crippen MR) is 95.1 cm³/mol. The molecule has 1 aliphatic carbocycles. The van der Waals surface area contributed by atoms with Crippen LogP contribution in [0.4, 0.5) is 0 Å². The van der Waals surface area contributed by atoms with E-state index >= 15 is 0 Å². The highest BCUT2D eigenvalue weighted by atomic mass is 16.2. The number of amides is 2. The summed E-state index contributed by atoms with van der Waals surface area (Å²) in [4.78, 5) is 34.5. The van der Waals surface area contributed by atoms with Crippen molar-refractivity contribution in [2.75, 3.05) is 13.1 Å². The summed E-state index contributed by atoms with van der Waals surface area (Å²) in [5.74, 6) is 0.450. The molecule has 1 aromatic rings. The molecule has 0 bridgehead atoms. The van der Waals surface area contributed by atoms with Crippen molar-refractivity contribution in [1.82, 2.24) is 20.2 Å². The van der Waals surface area contributed by atoms with Crippen LogP contribution in [0.5, 0.6) is 0 Å². The first-order chi connectivity index (χ1) is 12.1. The van der Waals surface area contributed by atoms with Crippen LogP contribution in [0.3, 0.4) is 0 Å². The Kier molecular flexibility index (Phi) is 6.00. The lowest BCUT2D eigenvalue weighted by Gasteiger charge is -2.31. The van der Waals surface area contributed by atoms with E-state index in [0.29, 0.717) is 11.6 Å². The van der Waals surface area contributed by atoms with E-state index in [1.54, 1.807) is 19.3 Å². The molecule has 2 aliphatic rings. The lowest BCUT2D eigenvalue weighted by atomic mass is 9.93. The Balaban J connectivity index is 1.53. The van der Waals surface area contributed by atoms with Crippen LogP contribution in [0.25, 0.3) is 0 Å². The average Bonchev–Trinajstić information content (AvgIpc) is 2.63. The number of hydrogen-bond donors (Lipinski definition) is 1. The molecule has 1 saturated carbocycles. The quantitative estimate of drug-likeness (QED) is 0.910. The Bertz CT molecular complexity index is 596. The van der Waals surface area contributed by atoms with Crippen LogP contribution in [0.15, 0.2) is 12.4 Å². The minimum Gasteiger partial charge on any atom is -0.348 e. The minimum atomic E-state index is -0.119. The van der Waals surface area contributed by atoms with E-state index in [0.717, 1.165) is 50.9 Å². The molecule has 1 N–H and O–H groups in total. The molecule has 0 unspecified atom stereocenters. The fourth-order valence-corrected chi connectivity index (χ4v) is 3.90. The SMILES string of the molecule is CC(=O)N1CCC[C@H](Cc2cnc(C(=O)NC3CCCCC3)cn2)C1. The van der Waals surface area contributed by atoms with Gasteiger partial charge in [0.2, 0.25) is 5.91 Å². The van der Waals surface area contributed by atoms with Crippen LogP contribution in [0, 0.1) is 5.92 Å². The first kappa shape index (κ1) is 17.8. The van der Waals surface area contributed by atoms with E-state index in [4.69, 9.17) is 0 Å². The molecule has 6 nitrogen and oxygen atoms in total. The van der Waals surface area contributed by atoms with E-state index in [1.165, 1.54) is 19.3 Å². The van der Waals surface area contributed by atoms with E-state index in [2.05, 4.69) is 15.3 Å². The first-order valence-electron chi connectivity index (χ1n) is 9.49. The molecule has 25 heavy (non-hydrogen) atoms. The molecule has 1 saturated heterocycles. The topological polar surface area (TPSA) is 75.2 Å². The Labute approximate surface area is 149 Å². The van der Waals surface area contributed by atoms with E-state index in [1.807, 2.05) is 4.90 Å². The fourth-order valence-electron chi connectivity index (χ4n) is 3.90. The van der Waals surface area contributed by atoms with Crippen molar-refractivity contribution in [2.45, 2.75) is 64.3 Å². The van der Waals surface area contributed by atoms with Gasteiger partial charge in [-0.15, -0.1) is 0 Å². The minimum absolute atomic E-state index is 0.119. The lowest BCUT2D eigenvalue weighted by Crippen LogP contribution is -2.39. The highest BCUT2D eigenvalue weighted by molar-refractivity contribution is 5.92. The van der Waals surface area contributed by atoms with Crippen molar-refractivity contribution in [3.63, 3.8) is 0 Å². The Hall–Kier alpha value is -1.98. The van der Waals surface area contributed by atoms with Gasteiger partial charge in [0.25, 0.3) is 5.91 Å². The van der Waals surface area contributed by atoms with Crippen molar-refractivity contribution in [1.29, 1.82) is 0 Å². The summed E-state index contributed by atoms with van der Waals surface area (Å²) < 4.78 is 0. The third kappa shape index (κ3) is 5.00. The summed E-state index contributed by atoms with van der Waals surface area (Å²) in [6.45, 7) is 3.28. The maximum absolute atomic E-state index is 12.3. The second-order valence-electron chi connectivity index (χ2n) is 7.38. The van der Waals surface area contributed by atoms with Gasteiger partial charge in [-0.3, -0.25) is 14.6 Å². The Morgan fingerprint density at radius 1 is 1.12 bits per heavy atom. The Morgan fingerprint density at radius 3 is 2.60 bits per heavy atom. The van der Waals surface area contributed by atoms with E-state index in [-0.39, 0.29) is 17.9 Å². The number of rotatable bonds is 4. The standard InChI is InChI=1S/C19H28N4O2/c1-14(24)23-9-5-6-15(13-23)10-17-11-21-18(12-20-17)19(25)22-16-7-3-2-4-8-16/h11-12,15-16H,2-10,13H2,1H3,(H,22,25)/t15-/m1/s1. The van der Waals surface area contributed by atoms with Crippen LogP contribution in [0.1, 0.15) is 68.1 Å². The predicted octanol–water partition coefficient (Wildman–Crippen LogP) is 2.34. The van der Waals surface area contributed by atoms with Gasteiger partial charge in [-0.05, 0) is 38.0 Å². The molecule has 2 heterocycles. The summed E-state index contributed by atoms with van der Waals surface area (Å²) in [7, 11) is 0. The molecule has 136 valence electrons. The number of carbonyl (C=O) groups is 2. The molecule has 0 spiro atoms. The Morgan fingerprint density at radius 2 is 1.92 bits per heavy atom. The second-order valence-corrected chi connectivity index (χ2v) is 7.38. The normalized spacial score (nSPS) is 21.8. The van der Waals surface area contributed by atoms with Gasteiger partial charge in [0.15, 0.2) is 0 Å². The number of hydrogen-bond acceptors (Lipinski definition) is 4. The van der Waals surface area contributed by atoms with Gasteiger partial charge in [0.1, 0.15) is 5.69 Å². The maximum atomic E-state index is 12.3. The van der Waals surface area contributed by atoms with Gasteiger partial charge in [-0.2, -0.15) is 0 Å². The van der Waals surface area contributed by atoms with Crippen LogP contribution in [0.2, 0.25) is 0 Å². The lowest BCUT2D eigenvalue weighted by molar-refractivity contribution is -0.130. The zero-order valence-electron chi connectivity index (χ0n) is 15.0.